The van der Waals surface area contributed by atoms with Crippen LogP contribution in [0.4, 0.5) is 0 Å². The molecule has 0 fully saturated rings. The second kappa shape index (κ2) is 10.2. The molecule has 0 bridgehead atoms. The summed E-state index contributed by atoms with van der Waals surface area (Å²) in [7, 11) is -3.84. The molecule has 0 aromatic carbocycles. The molecule has 0 saturated carbocycles. The Morgan fingerprint density at radius 3 is 2.47 bits per heavy atom. The van der Waals surface area contributed by atoms with Gasteiger partial charge in [-0.25, -0.2) is 9.36 Å². The first-order chi connectivity index (χ1) is 8.97. The quantitative estimate of drug-likeness (QED) is 0.324. The van der Waals surface area contributed by atoms with Gasteiger partial charge in [-0.05, 0) is 19.8 Å². The van der Waals surface area contributed by atoms with E-state index in [1.54, 1.807) is 6.92 Å². The van der Waals surface area contributed by atoms with Crippen LogP contribution in [0, 0.1) is 0 Å². The highest BCUT2D eigenvalue weighted by Gasteiger charge is 2.32. The van der Waals surface area contributed by atoms with Gasteiger partial charge in [-0.2, -0.15) is 0 Å². The molecule has 0 saturated heterocycles. The Labute approximate surface area is 115 Å². The van der Waals surface area contributed by atoms with Crippen LogP contribution in [-0.2, 0) is 22.9 Å². The van der Waals surface area contributed by atoms with Gasteiger partial charge in [0.25, 0.3) is 0 Å². The lowest BCUT2D eigenvalue weighted by atomic mass is 10.2. The lowest BCUT2D eigenvalue weighted by Gasteiger charge is -2.20. The van der Waals surface area contributed by atoms with E-state index in [0.717, 1.165) is 38.2 Å². The average molecular weight is 292 g/mol. The van der Waals surface area contributed by atoms with Crippen molar-refractivity contribution in [2.75, 3.05) is 6.61 Å². The maximum Gasteiger partial charge on any atom is 0.532 e. The molecule has 112 valence electrons. The van der Waals surface area contributed by atoms with Gasteiger partial charge in [-0.3, -0.25) is 9.05 Å². The second-order valence-corrected chi connectivity index (χ2v) is 5.85. The first-order valence-electron chi connectivity index (χ1n) is 6.76. The Kier molecular flexibility index (Phi) is 9.84. The maximum absolute atomic E-state index is 12.3. The van der Waals surface area contributed by atoms with Crippen molar-refractivity contribution in [3.8, 4) is 0 Å². The fraction of sp³-hybridized carbons (Fsp3) is 0.769. The lowest BCUT2D eigenvalue weighted by molar-refractivity contribution is -0.131. The van der Waals surface area contributed by atoms with E-state index in [4.69, 9.17) is 13.6 Å². The van der Waals surface area contributed by atoms with Crippen molar-refractivity contribution in [3.05, 3.63) is 12.7 Å². The number of phosphoric ester groups is 1. The van der Waals surface area contributed by atoms with Crippen molar-refractivity contribution in [1.29, 1.82) is 0 Å². The predicted molar refractivity (Wildman–Crippen MR) is 74.8 cm³/mol. The Morgan fingerprint density at radius 2 is 1.95 bits per heavy atom. The van der Waals surface area contributed by atoms with Gasteiger partial charge in [0.1, 0.15) is 0 Å². The third-order valence-electron chi connectivity index (χ3n) is 2.39. The molecule has 6 heteroatoms. The molecule has 0 N–H and O–H groups in total. The summed E-state index contributed by atoms with van der Waals surface area (Å²) in [5, 5.41) is 0. The van der Waals surface area contributed by atoms with Crippen LogP contribution >= 0.6 is 7.82 Å². The number of hydrogen-bond acceptors (Lipinski definition) is 5. The Hall–Kier alpha value is -0.640. The number of phosphoric acid groups is 1. The van der Waals surface area contributed by atoms with E-state index >= 15 is 0 Å². The molecule has 0 aliphatic carbocycles. The summed E-state index contributed by atoms with van der Waals surface area (Å²) >= 11 is 0. The van der Waals surface area contributed by atoms with E-state index < -0.39 is 13.8 Å². The minimum absolute atomic E-state index is 0.235. The number of hydrogen-bond donors (Lipinski definition) is 0. The molecule has 0 aliphatic rings. The van der Waals surface area contributed by atoms with Gasteiger partial charge >= 0.3 is 13.8 Å². The highest BCUT2D eigenvalue weighted by Crippen LogP contribution is 2.51. The van der Waals surface area contributed by atoms with Gasteiger partial charge in [0.2, 0.25) is 0 Å². The highest BCUT2D eigenvalue weighted by atomic mass is 31.2. The van der Waals surface area contributed by atoms with Crippen LogP contribution in [0.1, 0.15) is 52.9 Å². The molecule has 0 aromatic heterocycles. The summed E-state index contributed by atoms with van der Waals surface area (Å²) < 4.78 is 27.5. The van der Waals surface area contributed by atoms with Crippen molar-refractivity contribution in [2.24, 2.45) is 0 Å². The normalized spacial score (nSPS) is 15.5. The van der Waals surface area contributed by atoms with Gasteiger partial charge in [0.05, 0.1) is 12.7 Å². The molecule has 19 heavy (non-hydrogen) atoms. The minimum atomic E-state index is -3.84. The van der Waals surface area contributed by atoms with Crippen LogP contribution in [0.15, 0.2) is 12.7 Å². The Morgan fingerprint density at radius 1 is 1.32 bits per heavy atom. The molecule has 2 atom stereocenters. The van der Waals surface area contributed by atoms with Crippen LogP contribution in [-0.4, -0.2) is 18.7 Å². The van der Waals surface area contributed by atoms with E-state index in [1.165, 1.54) is 0 Å². The first-order valence-corrected chi connectivity index (χ1v) is 8.22. The zero-order valence-electron chi connectivity index (χ0n) is 12.1. The zero-order valence-corrected chi connectivity index (χ0v) is 13.0. The SMILES string of the molecule is C=CC(=O)OP(=O)(OCCCC)OC(C)CCCC. The van der Waals surface area contributed by atoms with E-state index in [9.17, 15) is 9.36 Å². The summed E-state index contributed by atoms with van der Waals surface area (Å²) in [4.78, 5) is 11.2. The summed E-state index contributed by atoms with van der Waals surface area (Å²) in [6, 6.07) is 0. The van der Waals surface area contributed by atoms with Crippen molar-refractivity contribution >= 4 is 13.8 Å². The molecule has 0 aliphatic heterocycles. The van der Waals surface area contributed by atoms with Crippen LogP contribution in [0.25, 0.3) is 0 Å². The van der Waals surface area contributed by atoms with Crippen LogP contribution < -0.4 is 0 Å². The van der Waals surface area contributed by atoms with Crippen molar-refractivity contribution in [2.45, 2.75) is 59.0 Å². The highest BCUT2D eigenvalue weighted by molar-refractivity contribution is 7.49. The Balaban J connectivity index is 4.50. The van der Waals surface area contributed by atoms with E-state index in [-0.39, 0.29) is 12.7 Å². The van der Waals surface area contributed by atoms with Gasteiger partial charge < -0.3 is 4.52 Å². The lowest BCUT2D eigenvalue weighted by Crippen LogP contribution is -2.12. The molecular formula is C13H25O5P. The fourth-order valence-electron chi connectivity index (χ4n) is 1.31. The van der Waals surface area contributed by atoms with Crippen molar-refractivity contribution in [3.63, 3.8) is 0 Å². The topological polar surface area (TPSA) is 61.8 Å². The third kappa shape index (κ3) is 8.98. The molecule has 0 heterocycles. The van der Waals surface area contributed by atoms with E-state index in [0.29, 0.717) is 0 Å². The largest absolute Gasteiger partial charge is 0.532 e. The minimum Gasteiger partial charge on any atom is -0.367 e. The number of carbonyl (C=O) groups excluding carboxylic acids is 1. The first kappa shape index (κ1) is 18.4. The smallest absolute Gasteiger partial charge is 0.367 e. The molecule has 5 nitrogen and oxygen atoms in total. The maximum atomic E-state index is 12.3. The molecular weight excluding hydrogens is 267 g/mol. The molecule has 0 amide bonds. The van der Waals surface area contributed by atoms with E-state index in [1.807, 2.05) is 6.92 Å². The molecule has 0 radical (unpaired) electrons. The Bertz CT molecular complexity index is 316. The monoisotopic (exact) mass is 292 g/mol. The second-order valence-electron chi connectivity index (χ2n) is 4.31. The number of carbonyl (C=O) groups is 1. The zero-order chi connectivity index (χ0) is 14.7. The third-order valence-corrected chi connectivity index (χ3v) is 3.91. The average Bonchev–Trinajstić information content (AvgIpc) is 2.36. The van der Waals surface area contributed by atoms with Gasteiger partial charge in [-0.1, -0.05) is 39.7 Å². The summed E-state index contributed by atoms with van der Waals surface area (Å²) in [6.45, 7) is 9.32. The van der Waals surface area contributed by atoms with Gasteiger partial charge in [0, 0.05) is 6.08 Å². The van der Waals surface area contributed by atoms with Crippen molar-refractivity contribution in [1.82, 2.24) is 0 Å². The fourth-order valence-corrected chi connectivity index (χ4v) is 2.66. The van der Waals surface area contributed by atoms with Crippen LogP contribution in [0.5, 0.6) is 0 Å². The van der Waals surface area contributed by atoms with Gasteiger partial charge in [-0.15, -0.1) is 0 Å². The number of rotatable bonds is 11. The molecule has 0 spiro atoms. The van der Waals surface area contributed by atoms with Crippen LogP contribution in [0.3, 0.4) is 0 Å². The van der Waals surface area contributed by atoms with Gasteiger partial charge in [0.15, 0.2) is 0 Å². The summed E-state index contributed by atoms with van der Waals surface area (Å²) in [6.07, 6.45) is 4.97. The van der Waals surface area contributed by atoms with Crippen molar-refractivity contribution < 1.29 is 22.9 Å². The van der Waals surface area contributed by atoms with Crippen LogP contribution in [0.2, 0.25) is 0 Å². The molecule has 2 unspecified atom stereocenters. The molecule has 0 rings (SSSR count). The summed E-state index contributed by atoms with van der Waals surface area (Å²) in [5.74, 6) is -0.803. The molecule has 0 aromatic rings. The standard InChI is InChI=1S/C13H25O5P/c1-5-8-10-12(4)17-19(15,16-11-9-6-2)18-13(14)7-3/h7,12H,3,5-6,8-11H2,1-2,4H3. The van der Waals surface area contributed by atoms with E-state index in [2.05, 4.69) is 13.5 Å². The summed E-state index contributed by atoms with van der Waals surface area (Å²) in [5.41, 5.74) is 0. The predicted octanol–water partition coefficient (Wildman–Crippen LogP) is 4.24. The number of unbranched alkanes of at least 4 members (excludes halogenated alkanes) is 2.